The molecule has 1 aliphatic rings. The van der Waals surface area contributed by atoms with Gasteiger partial charge >= 0.3 is 6.18 Å². The van der Waals surface area contributed by atoms with E-state index in [1.54, 1.807) is 6.20 Å². The number of anilines is 1. The van der Waals surface area contributed by atoms with Crippen LogP contribution in [0.4, 0.5) is 18.9 Å². The van der Waals surface area contributed by atoms with Crippen molar-refractivity contribution in [1.82, 2.24) is 4.98 Å². The van der Waals surface area contributed by atoms with Crippen molar-refractivity contribution in [2.75, 3.05) is 25.1 Å². The van der Waals surface area contributed by atoms with Gasteiger partial charge in [0.25, 0.3) is 0 Å². The van der Waals surface area contributed by atoms with Crippen molar-refractivity contribution < 1.29 is 27.4 Å². The van der Waals surface area contributed by atoms with E-state index in [0.717, 1.165) is 47.1 Å². The van der Waals surface area contributed by atoms with Crippen LogP contribution in [0.15, 0.2) is 48.7 Å². The number of rotatable bonds is 6. The number of nitrogens with one attached hydrogen (secondary N) is 2. The van der Waals surface area contributed by atoms with E-state index in [1.807, 2.05) is 18.2 Å². The average Bonchev–Trinajstić information content (AvgIpc) is 3.16. The van der Waals surface area contributed by atoms with E-state index < -0.39 is 11.7 Å². The molecule has 1 aromatic heterocycles. The first kappa shape index (κ1) is 21.2. The Morgan fingerprint density at radius 3 is 2.58 bits per heavy atom. The highest BCUT2D eigenvalue weighted by molar-refractivity contribution is 6.02. The second-order valence-corrected chi connectivity index (χ2v) is 7.58. The Balaban J connectivity index is 1.37. The topological polar surface area (TPSA) is 63.4 Å². The second-order valence-electron chi connectivity index (χ2n) is 7.58. The standard InChI is InChI=1S/C23H23F3N2O3/c24-23(25,26)17-2-4-18(5-3-17)31-12-7-15-1-6-20-19(13-15)21(14-27-20)28-22(29)16-8-10-30-11-9-16/h1-6,13-14,16,27H,7-12H2,(H,28,29). The number of ether oxygens (including phenoxy) is 2. The third-order valence-electron chi connectivity index (χ3n) is 5.44. The molecule has 164 valence electrons. The first-order valence-corrected chi connectivity index (χ1v) is 10.2. The molecule has 0 spiro atoms. The number of fused-ring (bicyclic) bond motifs is 1. The molecule has 2 N–H and O–H groups in total. The third kappa shape index (κ3) is 5.19. The van der Waals surface area contributed by atoms with Gasteiger partial charge in [-0.15, -0.1) is 0 Å². The van der Waals surface area contributed by atoms with Crippen LogP contribution in [0, 0.1) is 5.92 Å². The summed E-state index contributed by atoms with van der Waals surface area (Å²) in [5.41, 5.74) is 1.94. The molecule has 1 fully saturated rings. The van der Waals surface area contributed by atoms with Crippen LogP contribution in [0.1, 0.15) is 24.0 Å². The molecule has 1 amide bonds. The second kappa shape index (κ2) is 9.01. The predicted molar refractivity (Wildman–Crippen MR) is 111 cm³/mol. The summed E-state index contributed by atoms with van der Waals surface area (Å²) in [6, 6.07) is 10.5. The van der Waals surface area contributed by atoms with Crippen molar-refractivity contribution in [3.8, 4) is 5.75 Å². The van der Waals surface area contributed by atoms with E-state index >= 15 is 0 Å². The average molecular weight is 432 g/mol. The van der Waals surface area contributed by atoms with Crippen molar-refractivity contribution in [3.05, 3.63) is 59.8 Å². The van der Waals surface area contributed by atoms with Gasteiger partial charge in [-0.05, 0) is 54.8 Å². The number of carbonyl (C=O) groups is 1. The minimum atomic E-state index is -4.36. The Morgan fingerprint density at radius 2 is 1.87 bits per heavy atom. The van der Waals surface area contributed by atoms with Crippen LogP contribution >= 0.6 is 0 Å². The zero-order chi connectivity index (χ0) is 21.8. The Labute approximate surface area is 177 Å². The van der Waals surface area contributed by atoms with Gasteiger partial charge in [0.15, 0.2) is 0 Å². The molecule has 0 saturated carbocycles. The first-order valence-electron chi connectivity index (χ1n) is 10.2. The fraction of sp³-hybridized carbons (Fsp3) is 0.348. The van der Waals surface area contributed by atoms with Crippen molar-refractivity contribution >= 4 is 22.5 Å². The molecule has 1 saturated heterocycles. The maximum Gasteiger partial charge on any atom is 0.416 e. The molecule has 1 aliphatic heterocycles. The summed E-state index contributed by atoms with van der Waals surface area (Å²) in [6.45, 7) is 1.54. The monoisotopic (exact) mass is 432 g/mol. The van der Waals surface area contributed by atoms with Gasteiger partial charge in [-0.25, -0.2) is 0 Å². The fourth-order valence-electron chi connectivity index (χ4n) is 3.65. The maximum absolute atomic E-state index is 12.6. The summed E-state index contributed by atoms with van der Waals surface area (Å²) >= 11 is 0. The van der Waals surface area contributed by atoms with E-state index in [4.69, 9.17) is 9.47 Å². The van der Waals surface area contributed by atoms with Gasteiger partial charge in [0, 0.05) is 42.7 Å². The minimum absolute atomic E-state index is 0.000222. The molecule has 2 aromatic carbocycles. The van der Waals surface area contributed by atoms with Crippen LogP contribution in [0.5, 0.6) is 5.75 Å². The highest BCUT2D eigenvalue weighted by Crippen LogP contribution is 2.30. The van der Waals surface area contributed by atoms with Gasteiger partial charge in [-0.3, -0.25) is 4.79 Å². The molecular formula is C23H23F3N2O3. The number of halogens is 3. The lowest BCUT2D eigenvalue weighted by atomic mass is 9.99. The SMILES string of the molecule is O=C(Nc1c[nH]c2ccc(CCOc3ccc(C(F)(F)F)cc3)cc12)C1CCOCC1. The van der Waals surface area contributed by atoms with Crippen molar-refractivity contribution in [1.29, 1.82) is 0 Å². The Morgan fingerprint density at radius 1 is 1.13 bits per heavy atom. The predicted octanol–water partition coefficient (Wildman–Crippen LogP) is 5.17. The summed E-state index contributed by atoms with van der Waals surface area (Å²) in [5, 5.41) is 3.92. The molecule has 2 heterocycles. The number of benzene rings is 2. The molecule has 8 heteroatoms. The van der Waals surface area contributed by atoms with E-state index in [0.29, 0.717) is 32.0 Å². The van der Waals surface area contributed by atoms with Gasteiger partial charge in [-0.2, -0.15) is 13.2 Å². The van der Waals surface area contributed by atoms with Crippen molar-refractivity contribution in [2.45, 2.75) is 25.4 Å². The Hall–Kier alpha value is -3.00. The van der Waals surface area contributed by atoms with Crippen LogP contribution in [-0.4, -0.2) is 30.7 Å². The lowest BCUT2D eigenvalue weighted by Gasteiger charge is -2.21. The number of hydrogen-bond donors (Lipinski definition) is 2. The molecule has 5 nitrogen and oxygen atoms in total. The smallest absolute Gasteiger partial charge is 0.416 e. The van der Waals surface area contributed by atoms with Gasteiger partial charge in [0.05, 0.1) is 17.9 Å². The number of H-pyrrole nitrogens is 1. The molecule has 0 atom stereocenters. The number of aromatic nitrogens is 1. The molecule has 0 unspecified atom stereocenters. The van der Waals surface area contributed by atoms with Crippen LogP contribution in [-0.2, 0) is 22.1 Å². The van der Waals surface area contributed by atoms with Crippen LogP contribution in [0.25, 0.3) is 10.9 Å². The van der Waals surface area contributed by atoms with Crippen LogP contribution in [0.3, 0.4) is 0 Å². The summed E-state index contributed by atoms with van der Waals surface area (Å²) in [4.78, 5) is 15.7. The molecule has 0 bridgehead atoms. The summed E-state index contributed by atoms with van der Waals surface area (Å²) < 4.78 is 48.8. The lowest BCUT2D eigenvalue weighted by molar-refractivity contribution is -0.137. The molecule has 0 radical (unpaired) electrons. The van der Waals surface area contributed by atoms with Gasteiger partial charge in [0.2, 0.25) is 5.91 Å². The Bertz CT molecular complexity index is 1040. The van der Waals surface area contributed by atoms with E-state index in [9.17, 15) is 18.0 Å². The highest BCUT2D eigenvalue weighted by Gasteiger charge is 2.30. The number of aromatic amines is 1. The minimum Gasteiger partial charge on any atom is -0.493 e. The zero-order valence-electron chi connectivity index (χ0n) is 16.8. The number of carbonyl (C=O) groups excluding carboxylic acids is 1. The van der Waals surface area contributed by atoms with Crippen molar-refractivity contribution in [3.63, 3.8) is 0 Å². The van der Waals surface area contributed by atoms with Gasteiger partial charge in [0.1, 0.15) is 5.75 Å². The lowest BCUT2D eigenvalue weighted by Crippen LogP contribution is -2.28. The van der Waals surface area contributed by atoms with Crippen LogP contribution < -0.4 is 10.1 Å². The molecule has 0 aliphatic carbocycles. The number of hydrogen-bond acceptors (Lipinski definition) is 3. The van der Waals surface area contributed by atoms with Crippen molar-refractivity contribution in [2.24, 2.45) is 5.92 Å². The first-order chi connectivity index (χ1) is 14.9. The molecule has 3 aromatic rings. The normalized spacial score (nSPS) is 15.2. The fourth-order valence-corrected chi connectivity index (χ4v) is 3.65. The number of amides is 1. The molecule has 31 heavy (non-hydrogen) atoms. The quantitative estimate of drug-likeness (QED) is 0.565. The van der Waals surface area contributed by atoms with Crippen LogP contribution in [0.2, 0.25) is 0 Å². The summed E-state index contributed by atoms with van der Waals surface area (Å²) in [5.74, 6) is 0.347. The summed E-state index contributed by atoms with van der Waals surface area (Å²) in [7, 11) is 0. The Kier molecular flexibility index (Phi) is 6.18. The third-order valence-corrected chi connectivity index (χ3v) is 5.44. The highest BCUT2D eigenvalue weighted by atomic mass is 19.4. The van der Waals surface area contributed by atoms with E-state index in [1.165, 1.54) is 12.1 Å². The van der Waals surface area contributed by atoms with Gasteiger partial charge < -0.3 is 19.8 Å². The van der Waals surface area contributed by atoms with Gasteiger partial charge in [-0.1, -0.05) is 6.07 Å². The zero-order valence-corrected chi connectivity index (χ0v) is 16.8. The summed E-state index contributed by atoms with van der Waals surface area (Å²) in [6.07, 6.45) is -0.552. The molecular weight excluding hydrogens is 409 g/mol. The van der Waals surface area contributed by atoms with E-state index in [-0.39, 0.29) is 11.8 Å². The maximum atomic E-state index is 12.6. The number of alkyl halides is 3. The van der Waals surface area contributed by atoms with E-state index in [2.05, 4.69) is 10.3 Å². The molecule has 4 rings (SSSR count). The largest absolute Gasteiger partial charge is 0.493 e.